The fourth-order valence-corrected chi connectivity index (χ4v) is 13.5. The molecule has 4 nitrogen and oxygen atoms in total. The van der Waals surface area contributed by atoms with Crippen molar-refractivity contribution in [3.8, 4) is 0 Å². The molecule has 2 aromatic carbocycles. The fraction of sp³-hybridized carbons (Fsp3) is 0.609. The molecule has 0 amide bonds. The second-order valence-corrected chi connectivity index (χ2v) is 18.4. The van der Waals surface area contributed by atoms with Gasteiger partial charge in [0.1, 0.15) is 6.61 Å². The summed E-state index contributed by atoms with van der Waals surface area (Å²) in [4.78, 5) is 24.9. The van der Waals surface area contributed by atoms with Crippen LogP contribution in [0.1, 0.15) is 116 Å². The van der Waals surface area contributed by atoms with Gasteiger partial charge in [-0.1, -0.05) is 107 Å². The zero-order valence-corrected chi connectivity index (χ0v) is 31.6. The summed E-state index contributed by atoms with van der Waals surface area (Å²) in [5.41, 5.74) is 6.63. The summed E-state index contributed by atoms with van der Waals surface area (Å²) in [7, 11) is 0. The molecule has 0 N–H and O–H groups in total. The van der Waals surface area contributed by atoms with Crippen molar-refractivity contribution in [1.29, 1.82) is 0 Å². The van der Waals surface area contributed by atoms with E-state index in [4.69, 9.17) is 9.47 Å². The van der Waals surface area contributed by atoms with Crippen molar-refractivity contribution < 1.29 is 19.1 Å². The van der Waals surface area contributed by atoms with Crippen molar-refractivity contribution in [2.24, 2.45) is 56.7 Å². The third-order valence-electron chi connectivity index (χ3n) is 16.1. The number of carbonyl (C=O) groups is 2. The molecule has 0 heterocycles. The molecule has 268 valence electrons. The standard InChI is InChI=1S/C46H60O4/c1-31(2)35-19-25-46(41(48)50-29-33-11-9-8-10-12-33)27-26-44(6)37(40(35)46)17-18-39-43(5)23-20-36(42(3,4)38(43)21-24-45(39,44)7)34-15-13-32(14-16-34)22-28-49-30-47/h8-16,20,30,35,37-40H,1,17-19,21-29H2,2-7H3/t35-,37+,38-,39+,40+,43-,44+,45+,46-/m0/s1. The van der Waals surface area contributed by atoms with E-state index in [9.17, 15) is 9.59 Å². The molecule has 2 aromatic rings. The van der Waals surface area contributed by atoms with Crippen molar-refractivity contribution >= 4 is 18.0 Å². The molecule has 0 aromatic heterocycles. The van der Waals surface area contributed by atoms with Crippen LogP contribution in [0.15, 0.2) is 72.8 Å². The molecule has 0 aliphatic heterocycles. The van der Waals surface area contributed by atoms with Crippen LogP contribution in [0.2, 0.25) is 0 Å². The second kappa shape index (κ2) is 12.8. The number of fused-ring (bicyclic) bond motifs is 7. The molecular formula is C46H60O4. The molecule has 5 aliphatic rings. The SMILES string of the molecule is C=C(C)[C@@H]1CC[C@]2(C(=O)OCc3ccccc3)CC[C@]3(C)[C@H](CC[C@@H]4[C@@]5(C)CC=C(c6ccc(CCOC=O)cc6)C(C)(C)[C@@H]5CC[C@]43C)[C@@H]12. The molecule has 9 atom stereocenters. The Labute approximate surface area is 301 Å². The molecule has 4 fully saturated rings. The Morgan fingerprint density at radius 2 is 1.58 bits per heavy atom. The Bertz CT molecular complexity index is 1640. The maximum atomic E-state index is 14.3. The first-order chi connectivity index (χ1) is 23.8. The van der Waals surface area contributed by atoms with Crippen LogP contribution in [0.4, 0.5) is 0 Å². The minimum absolute atomic E-state index is 0.0501. The summed E-state index contributed by atoms with van der Waals surface area (Å²) >= 11 is 0. The first-order valence-electron chi connectivity index (χ1n) is 19.5. The number of hydrogen-bond donors (Lipinski definition) is 0. The predicted molar refractivity (Wildman–Crippen MR) is 201 cm³/mol. The molecule has 0 radical (unpaired) electrons. The Morgan fingerprint density at radius 1 is 0.840 bits per heavy atom. The van der Waals surface area contributed by atoms with Crippen molar-refractivity contribution in [2.75, 3.05) is 6.61 Å². The van der Waals surface area contributed by atoms with Crippen LogP contribution >= 0.6 is 0 Å². The number of carbonyl (C=O) groups excluding carboxylic acids is 2. The second-order valence-electron chi connectivity index (χ2n) is 18.4. The number of allylic oxidation sites excluding steroid dienone is 3. The minimum Gasteiger partial charge on any atom is -0.468 e. The number of hydrogen-bond acceptors (Lipinski definition) is 4. The van der Waals surface area contributed by atoms with Crippen molar-refractivity contribution in [3.63, 3.8) is 0 Å². The van der Waals surface area contributed by atoms with Gasteiger partial charge >= 0.3 is 5.97 Å². The number of rotatable bonds is 9. The molecular weight excluding hydrogens is 617 g/mol. The molecule has 4 heteroatoms. The fourth-order valence-electron chi connectivity index (χ4n) is 13.5. The van der Waals surface area contributed by atoms with Crippen LogP contribution in [0.25, 0.3) is 5.57 Å². The monoisotopic (exact) mass is 676 g/mol. The molecule has 50 heavy (non-hydrogen) atoms. The average Bonchev–Trinajstić information content (AvgIpc) is 3.50. The Balaban J connectivity index is 1.17. The summed E-state index contributed by atoms with van der Waals surface area (Å²) in [6.07, 6.45) is 13.5. The number of ether oxygens (including phenoxy) is 2. The van der Waals surface area contributed by atoms with Gasteiger partial charge in [-0.15, -0.1) is 0 Å². The van der Waals surface area contributed by atoms with Gasteiger partial charge in [-0.05, 0) is 138 Å². The molecule has 5 aliphatic carbocycles. The number of benzene rings is 2. The normalized spacial score (nSPS) is 38.4. The maximum absolute atomic E-state index is 14.3. The predicted octanol–water partition coefficient (Wildman–Crippen LogP) is 10.8. The molecule has 0 spiro atoms. The molecule has 0 unspecified atom stereocenters. The minimum atomic E-state index is -0.394. The van der Waals surface area contributed by atoms with Crippen LogP contribution in [0, 0.1) is 56.7 Å². The van der Waals surface area contributed by atoms with Crippen molar-refractivity contribution in [3.05, 3.63) is 89.5 Å². The third kappa shape index (κ3) is 5.28. The molecule has 4 saturated carbocycles. The van der Waals surface area contributed by atoms with E-state index in [0.717, 1.165) is 44.1 Å². The quantitative estimate of drug-likeness (QED) is 0.115. The Morgan fingerprint density at radius 3 is 2.28 bits per heavy atom. The van der Waals surface area contributed by atoms with E-state index < -0.39 is 5.41 Å². The summed E-state index contributed by atoms with van der Waals surface area (Å²) in [5.74, 6) is 2.51. The number of esters is 1. The lowest BCUT2D eigenvalue weighted by molar-refractivity contribution is -0.229. The van der Waals surface area contributed by atoms with Gasteiger partial charge in [-0.3, -0.25) is 9.59 Å². The average molecular weight is 677 g/mol. The topological polar surface area (TPSA) is 52.6 Å². The summed E-state index contributed by atoms with van der Waals surface area (Å²) < 4.78 is 11.2. The lowest BCUT2D eigenvalue weighted by Crippen LogP contribution is -2.66. The molecule has 0 saturated heterocycles. The van der Waals surface area contributed by atoms with E-state index in [-0.39, 0.29) is 27.6 Å². The van der Waals surface area contributed by atoms with Gasteiger partial charge in [0.25, 0.3) is 6.47 Å². The largest absolute Gasteiger partial charge is 0.468 e. The first kappa shape index (κ1) is 35.3. The Hall–Kier alpha value is -3.14. The lowest BCUT2D eigenvalue weighted by atomic mass is 9.32. The maximum Gasteiger partial charge on any atom is 0.312 e. The third-order valence-corrected chi connectivity index (χ3v) is 16.1. The van der Waals surface area contributed by atoms with Gasteiger partial charge in [0, 0.05) is 6.42 Å². The van der Waals surface area contributed by atoms with Crippen molar-refractivity contribution in [1.82, 2.24) is 0 Å². The highest BCUT2D eigenvalue weighted by Crippen LogP contribution is 2.77. The highest BCUT2D eigenvalue weighted by molar-refractivity contribution is 5.78. The van der Waals surface area contributed by atoms with Crippen LogP contribution in [0.3, 0.4) is 0 Å². The highest BCUT2D eigenvalue weighted by atomic mass is 16.5. The van der Waals surface area contributed by atoms with Gasteiger partial charge in [0.15, 0.2) is 0 Å². The van der Waals surface area contributed by atoms with Crippen LogP contribution in [-0.2, 0) is 32.1 Å². The first-order valence-corrected chi connectivity index (χ1v) is 19.5. The van der Waals surface area contributed by atoms with Gasteiger partial charge in [-0.25, -0.2) is 0 Å². The van der Waals surface area contributed by atoms with E-state index in [1.165, 1.54) is 48.0 Å². The van der Waals surface area contributed by atoms with Crippen LogP contribution < -0.4 is 0 Å². The van der Waals surface area contributed by atoms with Gasteiger partial charge in [0.2, 0.25) is 0 Å². The van der Waals surface area contributed by atoms with Crippen LogP contribution in [-0.4, -0.2) is 19.0 Å². The van der Waals surface area contributed by atoms with E-state index in [0.29, 0.717) is 49.3 Å². The smallest absolute Gasteiger partial charge is 0.312 e. The van der Waals surface area contributed by atoms with Gasteiger partial charge in [0.05, 0.1) is 12.0 Å². The van der Waals surface area contributed by atoms with E-state index >= 15 is 0 Å². The highest BCUT2D eigenvalue weighted by Gasteiger charge is 2.71. The molecule has 0 bridgehead atoms. The summed E-state index contributed by atoms with van der Waals surface area (Å²) in [5, 5.41) is 0. The van der Waals surface area contributed by atoms with Gasteiger partial charge in [-0.2, -0.15) is 0 Å². The zero-order chi connectivity index (χ0) is 35.5. The van der Waals surface area contributed by atoms with E-state index in [2.05, 4.69) is 90.6 Å². The van der Waals surface area contributed by atoms with E-state index in [1.54, 1.807) is 0 Å². The zero-order valence-electron chi connectivity index (χ0n) is 31.6. The van der Waals surface area contributed by atoms with Crippen molar-refractivity contribution in [2.45, 2.75) is 112 Å². The van der Waals surface area contributed by atoms with Gasteiger partial charge < -0.3 is 9.47 Å². The van der Waals surface area contributed by atoms with Crippen LogP contribution in [0.5, 0.6) is 0 Å². The summed E-state index contributed by atoms with van der Waals surface area (Å²) in [6.45, 7) is 21.0. The van der Waals surface area contributed by atoms with E-state index in [1.807, 2.05) is 18.2 Å². The molecule has 7 rings (SSSR count). The lowest BCUT2D eigenvalue weighted by Gasteiger charge is -2.72. The summed E-state index contributed by atoms with van der Waals surface area (Å²) in [6, 6.07) is 19.1. The Kier molecular flexibility index (Phi) is 9.04.